The first-order chi connectivity index (χ1) is 9.76. The molecule has 1 atom stereocenters. The maximum atomic E-state index is 5.68. The zero-order valence-corrected chi connectivity index (χ0v) is 12.4. The van der Waals surface area contributed by atoms with Crippen molar-refractivity contribution in [3.05, 3.63) is 0 Å². The summed E-state index contributed by atoms with van der Waals surface area (Å²) in [7, 11) is 1.56. The van der Waals surface area contributed by atoms with Crippen LogP contribution in [-0.4, -0.2) is 54.4 Å². The van der Waals surface area contributed by atoms with Crippen molar-refractivity contribution in [2.45, 2.75) is 32.8 Å². The number of hydrogen-bond donors (Lipinski definition) is 1. The van der Waals surface area contributed by atoms with Crippen molar-refractivity contribution in [2.75, 3.05) is 43.6 Å². The van der Waals surface area contributed by atoms with Crippen LogP contribution < -0.4 is 15.0 Å². The summed E-state index contributed by atoms with van der Waals surface area (Å²) < 4.78 is 10.8. The predicted octanol–water partition coefficient (Wildman–Crippen LogP) is 1.32. The fourth-order valence-electron chi connectivity index (χ4n) is 2.20. The van der Waals surface area contributed by atoms with Crippen LogP contribution in [0.3, 0.4) is 0 Å². The minimum absolute atomic E-state index is 0.264. The van der Waals surface area contributed by atoms with E-state index in [0.29, 0.717) is 17.9 Å². The summed E-state index contributed by atoms with van der Waals surface area (Å²) in [4.78, 5) is 15.0. The molecule has 1 aliphatic heterocycles. The van der Waals surface area contributed by atoms with Gasteiger partial charge in [0.2, 0.25) is 11.9 Å². The van der Waals surface area contributed by atoms with E-state index in [2.05, 4.69) is 32.1 Å². The minimum atomic E-state index is 0.264. The standard InChI is InChI=1S/C13H23N5O2/c1-4-14-11-15-12(17-13(16-11)19-3)18(5-2)9-10-7-6-8-20-10/h10H,4-9H2,1-3H3,(H,14,15,16,17). The smallest absolute Gasteiger partial charge is 0.322 e. The third-order valence-electron chi connectivity index (χ3n) is 3.23. The van der Waals surface area contributed by atoms with Gasteiger partial charge in [-0.2, -0.15) is 15.0 Å². The van der Waals surface area contributed by atoms with Crippen molar-refractivity contribution in [3.8, 4) is 6.01 Å². The number of ether oxygens (including phenoxy) is 2. The van der Waals surface area contributed by atoms with E-state index in [9.17, 15) is 0 Å². The van der Waals surface area contributed by atoms with Gasteiger partial charge in [0.1, 0.15) is 0 Å². The molecular formula is C13H23N5O2. The molecule has 1 unspecified atom stereocenters. The van der Waals surface area contributed by atoms with Crippen molar-refractivity contribution in [3.63, 3.8) is 0 Å². The van der Waals surface area contributed by atoms with Crippen LogP contribution in [0, 0.1) is 0 Å². The van der Waals surface area contributed by atoms with Gasteiger partial charge in [-0.05, 0) is 26.7 Å². The maximum absolute atomic E-state index is 5.68. The average Bonchev–Trinajstić information content (AvgIpc) is 2.97. The summed E-state index contributed by atoms with van der Waals surface area (Å²) >= 11 is 0. The highest BCUT2D eigenvalue weighted by atomic mass is 16.5. The van der Waals surface area contributed by atoms with Gasteiger partial charge in [-0.1, -0.05) is 0 Å². The molecule has 1 aromatic rings. The molecule has 2 heterocycles. The first kappa shape index (κ1) is 14.8. The molecule has 20 heavy (non-hydrogen) atoms. The van der Waals surface area contributed by atoms with Gasteiger partial charge in [-0.15, -0.1) is 0 Å². The number of likely N-dealkylation sites (N-methyl/N-ethyl adjacent to an activating group) is 1. The highest BCUT2D eigenvalue weighted by molar-refractivity contribution is 5.38. The fourth-order valence-corrected chi connectivity index (χ4v) is 2.20. The number of anilines is 2. The Kier molecular flexibility index (Phi) is 5.34. The lowest BCUT2D eigenvalue weighted by atomic mass is 10.2. The number of methoxy groups -OCH3 is 1. The molecule has 2 rings (SSSR count). The molecule has 1 N–H and O–H groups in total. The Morgan fingerprint density at radius 3 is 2.80 bits per heavy atom. The third-order valence-corrected chi connectivity index (χ3v) is 3.23. The number of nitrogens with one attached hydrogen (secondary N) is 1. The lowest BCUT2D eigenvalue weighted by molar-refractivity contribution is 0.115. The molecule has 0 amide bonds. The molecule has 0 bridgehead atoms. The van der Waals surface area contributed by atoms with Gasteiger partial charge < -0.3 is 19.7 Å². The normalized spacial score (nSPS) is 18.1. The van der Waals surface area contributed by atoms with Crippen molar-refractivity contribution in [2.24, 2.45) is 0 Å². The van der Waals surface area contributed by atoms with E-state index in [1.165, 1.54) is 0 Å². The molecule has 1 aliphatic rings. The summed E-state index contributed by atoms with van der Waals surface area (Å²) in [5.41, 5.74) is 0. The zero-order valence-electron chi connectivity index (χ0n) is 12.4. The van der Waals surface area contributed by atoms with E-state index in [-0.39, 0.29) is 6.10 Å². The molecule has 0 aliphatic carbocycles. The molecule has 0 radical (unpaired) electrons. The van der Waals surface area contributed by atoms with Gasteiger partial charge >= 0.3 is 6.01 Å². The third kappa shape index (κ3) is 3.69. The highest BCUT2D eigenvalue weighted by Gasteiger charge is 2.21. The van der Waals surface area contributed by atoms with Crippen LogP contribution in [0.4, 0.5) is 11.9 Å². The molecule has 7 heteroatoms. The minimum Gasteiger partial charge on any atom is -0.467 e. The Morgan fingerprint density at radius 2 is 2.20 bits per heavy atom. The average molecular weight is 281 g/mol. The quantitative estimate of drug-likeness (QED) is 0.808. The van der Waals surface area contributed by atoms with Gasteiger partial charge in [-0.25, -0.2) is 0 Å². The van der Waals surface area contributed by atoms with Gasteiger partial charge in [0.15, 0.2) is 0 Å². The summed E-state index contributed by atoms with van der Waals surface area (Å²) in [5.74, 6) is 1.17. The van der Waals surface area contributed by atoms with Crippen LogP contribution >= 0.6 is 0 Å². The molecule has 0 spiro atoms. The van der Waals surface area contributed by atoms with Crippen molar-refractivity contribution in [1.82, 2.24) is 15.0 Å². The number of nitrogens with zero attached hydrogens (tertiary/aromatic N) is 4. The Balaban J connectivity index is 2.15. The number of aromatic nitrogens is 3. The molecular weight excluding hydrogens is 258 g/mol. The Labute approximate surface area is 119 Å². The van der Waals surface area contributed by atoms with Crippen LogP contribution in [0.2, 0.25) is 0 Å². The zero-order chi connectivity index (χ0) is 14.4. The van der Waals surface area contributed by atoms with Gasteiger partial charge in [-0.3, -0.25) is 0 Å². The lowest BCUT2D eigenvalue weighted by Gasteiger charge is -2.24. The number of rotatable bonds is 7. The fraction of sp³-hybridized carbons (Fsp3) is 0.769. The van der Waals surface area contributed by atoms with Gasteiger partial charge in [0.25, 0.3) is 0 Å². The SMILES string of the molecule is CCNc1nc(OC)nc(N(CC)CC2CCCO2)n1. The van der Waals surface area contributed by atoms with Gasteiger partial charge in [0, 0.05) is 26.2 Å². The second-order valence-electron chi connectivity index (χ2n) is 4.65. The Hall–Kier alpha value is -1.63. The molecule has 1 saturated heterocycles. The van der Waals surface area contributed by atoms with E-state index < -0.39 is 0 Å². The molecule has 0 aromatic carbocycles. The van der Waals surface area contributed by atoms with Crippen LogP contribution in [0.1, 0.15) is 26.7 Å². The van der Waals surface area contributed by atoms with E-state index in [4.69, 9.17) is 9.47 Å². The van der Waals surface area contributed by atoms with E-state index in [1.807, 2.05) is 6.92 Å². The van der Waals surface area contributed by atoms with Crippen LogP contribution in [0.25, 0.3) is 0 Å². The van der Waals surface area contributed by atoms with Crippen molar-refractivity contribution in [1.29, 1.82) is 0 Å². The van der Waals surface area contributed by atoms with Crippen molar-refractivity contribution < 1.29 is 9.47 Å². The summed E-state index contributed by atoms with van der Waals surface area (Å²) in [6.45, 7) is 7.31. The second-order valence-corrected chi connectivity index (χ2v) is 4.65. The predicted molar refractivity (Wildman–Crippen MR) is 77.4 cm³/mol. The summed E-state index contributed by atoms with van der Waals surface area (Å²) in [5, 5.41) is 3.10. The van der Waals surface area contributed by atoms with Gasteiger partial charge in [0.05, 0.1) is 13.2 Å². The van der Waals surface area contributed by atoms with Crippen LogP contribution in [-0.2, 0) is 4.74 Å². The van der Waals surface area contributed by atoms with E-state index in [1.54, 1.807) is 7.11 Å². The first-order valence-electron chi connectivity index (χ1n) is 7.17. The topological polar surface area (TPSA) is 72.4 Å². The molecule has 1 aromatic heterocycles. The largest absolute Gasteiger partial charge is 0.467 e. The first-order valence-corrected chi connectivity index (χ1v) is 7.17. The summed E-state index contributed by atoms with van der Waals surface area (Å²) in [6, 6.07) is 0.330. The Bertz CT molecular complexity index is 423. The maximum Gasteiger partial charge on any atom is 0.322 e. The monoisotopic (exact) mass is 281 g/mol. The second kappa shape index (κ2) is 7.23. The lowest BCUT2D eigenvalue weighted by Crippen LogP contribution is -2.33. The Morgan fingerprint density at radius 1 is 1.35 bits per heavy atom. The highest BCUT2D eigenvalue weighted by Crippen LogP contribution is 2.18. The molecule has 112 valence electrons. The molecule has 1 fully saturated rings. The van der Waals surface area contributed by atoms with Crippen molar-refractivity contribution >= 4 is 11.9 Å². The molecule has 7 nitrogen and oxygen atoms in total. The number of hydrogen-bond acceptors (Lipinski definition) is 7. The van der Waals surface area contributed by atoms with E-state index >= 15 is 0 Å². The van der Waals surface area contributed by atoms with E-state index in [0.717, 1.165) is 39.1 Å². The summed E-state index contributed by atoms with van der Waals surface area (Å²) in [6.07, 6.45) is 2.49. The van der Waals surface area contributed by atoms with Crippen LogP contribution in [0.15, 0.2) is 0 Å². The molecule has 0 saturated carbocycles. The van der Waals surface area contributed by atoms with Crippen LogP contribution in [0.5, 0.6) is 6.01 Å².